The quantitative estimate of drug-likeness (QED) is 0.166. The summed E-state index contributed by atoms with van der Waals surface area (Å²) in [6, 6.07) is 23.0. The van der Waals surface area contributed by atoms with E-state index in [1.165, 1.54) is 7.11 Å². The maximum atomic E-state index is 13.4. The molecule has 0 spiro atoms. The summed E-state index contributed by atoms with van der Waals surface area (Å²) in [5, 5.41) is 22.6. The van der Waals surface area contributed by atoms with Crippen LogP contribution in [0.25, 0.3) is 11.1 Å². The highest BCUT2D eigenvalue weighted by atomic mass is 16.6. The number of hydrogen-bond acceptors (Lipinski definition) is 7. The molecular weight excluding hydrogens is 558 g/mol. The van der Waals surface area contributed by atoms with Crippen molar-refractivity contribution in [3.8, 4) is 22.6 Å². The van der Waals surface area contributed by atoms with Gasteiger partial charge in [0, 0.05) is 31.7 Å². The molecule has 10 heteroatoms. The number of urea groups is 1. The standard InChI is InChI=1S/C34H45N5O5/c1-43-32-18-17-27(25-31(32)40)26-35-19-9-3-10-20-36-33(41)37-21-24-44-34(42)39(38-22-11-4-12-23-38)30-16-8-7-15-29(30)28-13-5-2-6-14-28/h2,5-8,13-18,25,35,40H,3-4,9-12,19-24,26H2,1H3,(H2,36,37,41). The van der Waals surface area contributed by atoms with Gasteiger partial charge in [-0.1, -0.05) is 67.4 Å². The Morgan fingerprint density at radius 1 is 0.864 bits per heavy atom. The fourth-order valence-corrected chi connectivity index (χ4v) is 5.22. The highest BCUT2D eigenvalue weighted by molar-refractivity contribution is 5.93. The number of unbranched alkanes of at least 4 members (excludes halogenated alkanes) is 2. The first kappa shape index (κ1) is 32.6. The minimum atomic E-state index is -0.449. The van der Waals surface area contributed by atoms with Gasteiger partial charge < -0.3 is 30.5 Å². The third kappa shape index (κ3) is 9.89. The zero-order valence-electron chi connectivity index (χ0n) is 25.6. The third-order valence-electron chi connectivity index (χ3n) is 7.51. The number of carbonyl (C=O) groups is 2. The second kappa shape index (κ2) is 17.7. The molecule has 3 amide bonds. The monoisotopic (exact) mass is 603 g/mol. The Morgan fingerprint density at radius 2 is 1.59 bits per heavy atom. The highest BCUT2D eigenvalue weighted by Gasteiger charge is 2.28. The van der Waals surface area contributed by atoms with Crippen molar-refractivity contribution in [1.29, 1.82) is 0 Å². The van der Waals surface area contributed by atoms with E-state index in [2.05, 4.69) is 21.0 Å². The summed E-state index contributed by atoms with van der Waals surface area (Å²) in [5.41, 5.74) is 3.76. The summed E-state index contributed by atoms with van der Waals surface area (Å²) < 4.78 is 10.7. The maximum Gasteiger partial charge on any atom is 0.429 e. The third-order valence-corrected chi connectivity index (χ3v) is 7.51. The van der Waals surface area contributed by atoms with Crippen LogP contribution in [0.5, 0.6) is 11.5 Å². The van der Waals surface area contributed by atoms with Crippen molar-refractivity contribution >= 4 is 17.8 Å². The van der Waals surface area contributed by atoms with Gasteiger partial charge >= 0.3 is 12.1 Å². The van der Waals surface area contributed by atoms with Crippen molar-refractivity contribution in [3.05, 3.63) is 78.4 Å². The van der Waals surface area contributed by atoms with E-state index in [-0.39, 0.29) is 24.9 Å². The van der Waals surface area contributed by atoms with Crippen LogP contribution in [0.4, 0.5) is 15.3 Å². The van der Waals surface area contributed by atoms with E-state index in [9.17, 15) is 14.7 Å². The number of piperidine rings is 1. The summed E-state index contributed by atoms with van der Waals surface area (Å²) in [4.78, 5) is 25.7. The molecule has 10 nitrogen and oxygen atoms in total. The number of phenols is 1. The van der Waals surface area contributed by atoms with Crippen LogP contribution in [-0.4, -0.2) is 68.7 Å². The molecule has 0 atom stereocenters. The van der Waals surface area contributed by atoms with Crippen LogP contribution in [0.2, 0.25) is 0 Å². The lowest BCUT2D eigenvalue weighted by Gasteiger charge is -2.37. The average molecular weight is 604 g/mol. The lowest BCUT2D eigenvalue weighted by Crippen LogP contribution is -2.50. The number of hydrogen-bond donors (Lipinski definition) is 4. The molecule has 0 unspecified atom stereocenters. The number of rotatable bonds is 15. The van der Waals surface area contributed by atoms with Gasteiger partial charge in [-0.05, 0) is 61.6 Å². The van der Waals surface area contributed by atoms with E-state index in [1.54, 1.807) is 17.1 Å². The normalized spacial score (nSPS) is 13.2. The zero-order valence-corrected chi connectivity index (χ0v) is 25.6. The number of nitrogens with one attached hydrogen (secondary N) is 3. The summed E-state index contributed by atoms with van der Waals surface area (Å²) in [5.74, 6) is 0.602. The molecule has 0 bridgehead atoms. The Hall–Kier alpha value is -4.28. The number of aromatic hydroxyl groups is 1. The number of nitrogens with zero attached hydrogens (tertiary/aromatic N) is 2. The Kier molecular flexibility index (Phi) is 13.2. The molecule has 1 fully saturated rings. The van der Waals surface area contributed by atoms with Gasteiger partial charge in [-0.15, -0.1) is 0 Å². The molecule has 1 heterocycles. The van der Waals surface area contributed by atoms with Crippen LogP contribution < -0.4 is 25.7 Å². The van der Waals surface area contributed by atoms with E-state index in [0.29, 0.717) is 18.8 Å². The molecular formula is C34H45N5O5. The van der Waals surface area contributed by atoms with Gasteiger partial charge in [0.25, 0.3) is 0 Å². The number of phenolic OH excluding ortho intramolecular Hbond substituents is 1. The molecule has 1 aliphatic heterocycles. The summed E-state index contributed by atoms with van der Waals surface area (Å²) in [7, 11) is 1.53. The number of amides is 3. The van der Waals surface area contributed by atoms with Crippen LogP contribution in [0.1, 0.15) is 44.1 Å². The smallest absolute Gasteiger partial charge is 0.429 e. The molecule has 3 aromatic rings. The Balaban J connectivity index is 1.14. The topological polar surface area (TPSA) is 115 Å². The number of benzene rings is 3. The van der Waals surface area contributed by atoms with Gasteiger partial charge in [0.05, 0.1) is 19.3 Å². The van der Waals surface area contributed by atoms with Crippen molar-refractivity contribution in [1.82, 2.24) is 21.0 Å². The fourth-order valence-electron chi connectivity index (χ4n) is 5.22. The maximum absolute atomic E-state index is 13.4. The van der Waals surface area contributed by atoms with Gasteiger partial charge in [0.15, 0.2) is 11.5 Å². The number of anilines is 1. The van der Waals surface area contributed by atoms with E-state index < -0.39 is 6.09 Å². The van der Waals surface area contributed by atoms with E-state index in [4.69, 9.17) is 9.47 Å². The number of ether oxygens (including phenoxy) is 2. The Morgan fingerprint density at radius 3 is 2.36 bits per heavy atom. The summed E-state index contributed by atoms with van der Waals surface area (Å²) in [6.45, 7) is 3.92. The number of methoxy groups -OCH3 is 1. The number of carbonyl (C=O) groups excluding carboxylic acids is 2. The second-order valence-electron chi connectivity index (χ2n) is 10.7. The zero-order chi connectivity index (χ0) is 31.0. The van der Waals surface area contributed by atoms with Crippen molar-refractivity contribution in [2.24, 2.45) is 0 Å². The molecule has 0 aromatic heterocycles. The van der Waals surface area contributed by atoms with Gasteiger partial charge in [-0.25, -0.2) is 19.6 Å². The van der Waals surface area contributed by atoms with Gasteiger partial charge in [-0.3, -0.25) is 0 Å². The number of hydrazine groups is 1. The number of para-hydroxylation sites is 1. The molecule has 4 rings (SSSR count). The van der Waals surface area contributed by atoms with E-state index in [0.717, 1.165) is 80.5 Å². The van der Waals surface area contributed by atoms with Gasteiger partial charge in [-0.2, -0.15) is 0 Å². The van der Waals surface area contributed by atoms with Crippen molar-refractivity contribution in [2.75, 3.05) is 51.4 Å². The van der Waals surface area contributed by atoms with Crippen LogP contribution in [0, 0.1) is 0 Å². The largest absolute Gasteiger partial charge is 0.504 e. The molecule has 0 saturated carbocycles. The molecule has 3 aromatic carbocycles. The van der Waals surface area contributed by atoms with Crippen LogP contribution >= 0.6 is 0 Å². The molecule has 1 saturated heterocycles. The van der Waals surface area contributed by atoms with Crippen molar-refractivity contribution in [3.63, 3.8) is 0 Å². The molecule has 1 aliphatic rings. The highest BCUT2D eigenvalue weighted by Crippen LogP contribution is 2.33. The van der Waals surface area contributed by atoms with Crippen LogP contribution in [-0.2, 0) is 11.3 Å². The lowest BCUT2D eigenvalue weighted by atomic mass is 10.0. The average Bonchev–Trinajstić information content (AvgIpc) is 3.05. The van der Waals surface area contributed by atoms with Crippen molar-refractivity contribution < 1.29 is 24.2 Å². The SMILES string of the molecule is COc1ccc(CNCCCCCNC(=O)NCCOC(=O)N(c2ccccc2-c2ccccc2)N2CCCCC2)cc1O. The first-order chi connectivity index (χ1) is 21.6. The minimum Gasteiger partial charge on any atom is -0.504 e. The second-order valence-corrected chi connectivity index (χ2v) is 10.7. The minimum absolute atomic E-state index is 0.0712. The molecule has 0 radical (unpaired) electrons. The van der Waals surface area contributed by atoms with Gasteiger partial charge in [0.2, 0.25) is 0 Å². The fraction of sp³-hybridized carbons (Fsp3) is 0.412. The van der Waals surface area contributed by atoms with Crippen LogP contribution in [0.3, 0.4) is 0 Å². The lowest BCUT2D eigenvalue weighted by molar-refractivity contribution is 0.122. The summed E-state index contributed by atoms with van der Waals surface area (Å²) >= 11 is 0. The Labute approximate surface area is 260 Å². The van der Waals surface area contributed by atoms with E-state index >= 15 is 0 Å². The van der Waals surface area contributed by atoms with Gasteiger partial charge in [0.1, 0.15) is 6.61 Å². The predicted molar refractivity (Wildman–Crippen MR) is 173 cm³/mol. The molecule has 44 heavy (non-hydrogen) atoms. The molecule has 0 aliphatic carbocycles. The van der Waals surface area contributed by atoms with E-state index in [1.807, 2.05) is 60.7 Å². The Bertz CT molecular complexity index is 1320. The first-order valence-corrected chi connectivity index (χ1v) is 15.5. The van der Waals surface area contributed by atoms with Crippen LogP contribution in [0.15, 0.2) is 72.8 Å². The molecule has 4 N–H and O–H groups in total. The van der Waals surface area contributed by atoms with Crippen molar-refractivity contribution in [2.45, 2.75) is 45.1 Å². The molecule has 236 valence electrons. The predicted octanol–water partition coefficient (Wildman–Crippen LogP) is 5.67. The first-order valence-electron chi connectivity index (χ1n) is 15.5. The summed E-state index contributed by atoms with van der Waals surface area (Å²) in [6.07, 6.45) is 5.54.